The molecule has 0 saturated heterocycles. The van der Waals surface area contributed by atoms with Gasteiger partial charge in [-0.3, -0.25) is 10.1 Å². The Hall–Kier alpha value is -3.03. The summed E-state index contributed by atoms with van der Waals surface area (Å²) in [5.74, 6) is -0.701. The van der Waals surface area contributed by atoms with Crippen LogP contribution in [-0.4, -0.2) is 37.7 Å². The Morgan fingerprint density at radius 1 is 1.23 bits per heavy atom. The van der Waals surface area contributed by atoms with Gasteiger partial charge in [0.25, 0.3) is 5.91 Å². The van der Waals surface area contributed by atoms with E-state index in [1.54, 1.807) is 32.0 Å². The van der Waals surface area contributed by atoms with Crippen LogP contribution >= 0.6 is 0 Å². The van der Waals surface area contributed by atoms with Gasteiger partial charge >= 0.3 is 12.0 Å². The molecule has 142 valence electrons. The lowest BCUT2D eigenvalue weighted by Gasteiger charge is -2.18. The molecule has 0 bridgehead atoms. The number of amides is 3. The number of nitrogens with two attached hydrogens (primary N) is 1. The molecular weight excluding hydrogens is 340 g/mol. The van der Waals surface area contributed by atoms with Crippen molar-refractivity contribution in [2.24, 2.45) is 11.7 Å². The first kappa shape index (κ1) is 21.0. The summed E-state index contributed by atoms with van der Waals surface area (Å²) in [5.41, 5.74) is 5.60. The van der Waals surface area contributed by atoms with E-state index in [-0.39, 0.29) is 5.92 Å². The molecule has 0 heterocycles. The normalized spacial score (nSPS) is 11.9. The summed E-state index contributed by atoms with van der Waals surface area (Å²) in [6.45, 7) is 5.68. The van der Waals surface area contributed by atoms with E-state index >= 15 is 0 Å². The maximum Gasteiger partial charge on any atom is 0.331 e. The summed E-state index contributed by atoms with van der Waals surface area (Å²) >= 11 is 0. The number of carbonyl (C=O) groups is 3. The van der Waals surface area contributed by atoms with Gasteiger partial charge in [0, 0.05) is 6.08 Å². The Labute approximate surface area is 152 Å². The lowest BCUT2D eigenvalue weighted by molar-refractivity contribution is -0.153. The van der Waals surface area contributed by atoms with Crippen molar-refractivity contribution in [3.8, 4) is 11.5 Å². The van der Waals surface area contributed by atoms with Crippen LogP contribution in [0.4, 0.5) is 4.79 Å². The van der Waals surface area contributed by atoms with Crippen molar-refractivity contribution in [1.82, 2.24) is 5.32 Å². The van der Waals surface area contributed by atoms with Gasteiger partial charge in [0.2, 0.25) is 0 Å². The Balaban J connectivity index is 2.83. The highest BCUT2D eigenvalue weighted by Crippen LogP contribution is 2.28. The van der Waals surface area contributed by atoms with E-state index in [9.17, 15) is 14.4 Å². The zero-order chi connectivity index (χ0) is 19.7. The van der Waals surface area contributed by atoms with Crippen LogP contribution in [0.3, 0.4) is 0 Å². The van der Waals surface area contributed by atoms with Crippen molar-refractivity contribution in [2.45, 2.75) is 26.9 Å². The fourth-order valence-electron chi connectivity index (χ4n) is 2.08. The van der Waals surface area contributed by atoms with Crippen LogP contribution in [0.2, 0.25) is 0 Å². The number of benzene rings is 1. The number of rotatable bonds is 8. The smallest absolute Gasteiger partial charge is 0.331 e. The SMILES string of the molecule is CCOc1cc(/C=C/C(=O)O[C@H](C(=O)NC(N)=O)C(C)C)ccc1OC. The minimum atomic E-state index is -1.13. The van der Waals surface area contributed by atoms with Crippen LogP contribution in [0.25, 0.3) is 6.08 Å². The van der Waals surface area contributed by atoms with Crippen molar-refractivity contribution >= 4 is 24.0 Å². The standard InChI is InChI=1S/C18H24N2O6/c1-5-25-14-10-12(6-8-13(14)24-4)7-9-15(21)26-16(11(2)3)17(22)20-18(19)23/h6-11,16H,5H2,1-4H3,(H3,19,20,22,23)/b9-7+/t16-/m0/s1. The zero-order valence-corrected chi connectivity index (χ0v) is 15.3. The highest BCUT2D eigenvalue weighted by atomic mass is 16.5. The van der Waals surface area contributed by atoms with Gasteiger partial charge in [0.1, 0.15) is 0 Å². The molecule has 0 spiro atoms. The van der Waals surface area contributed by atoms with Crippen molar-refractivity contribution < 1.29 is 28.6 Å². The molecule has 0 aromatic heterocycles. The molecule has 0 aliphatic carbocycles. The second kappa shape index (κ2) is 10.1. The van der Waals surface area contributed by atoms with Crippen molar-refractivity contribution in [3.63, 3.8) is 0 Å². The second-order valence-corrected chi connectivity index (χ2v) is 5.63. The molecule has 3 amide bonds. The van der Waals surface area contributed by atoms with E-state index in [4.69, 9.17) is 19.9 Å². The summed E-state index contributed by atoms with van der Waals surface area (Å²) in [6, 6.07) is 4.16. The van der Waals surface area contributed by atoms with Gasteiger partial charge in [-0.05, 0) is 36.6 Å². The number of hydrogen-bond donors (Lipinski definition) is 2. The van der Waals surface area contributed by atoms with Gasteiger partial charge in [-0.25, -0.2) is 9.59 Å². The number of primary amides is 1. The minimum absolute atomic E-state index is 0.336. The van der Waals surface area contributed by atoms with Gasteiger partial charge in [-0.2, -0.15) is 0 Å². The minimum Gasteiger partial charge on any atom is -0.493 e. The molecule has 1 atom stereocenters. The molecule has 8 heteroatoms. The first-order valence-electron chi connectivity index (χ1n) is 8.08. The third-order valence-corrected chi connectivity index (χ3v) is 3.25. The first-order valence-corrected chi connectivity index (χ1v) is 8.08. The number of methoxy groups -OCH3 is 1. The van der Waals surface area contributed by atoms with E-state index in [0.29, 0.717) is 23.7 Å². The third kappa shape index (κ3) is 6.46. The van der Waals surface area contributed by atoms with Crippen LogP contribution in [0.15, 0.2) is 24.3 Å². The molecule has 1 rings (SSSR count). The molecule has 0 saturated carbocycles. The van der Waals surface area contributed by atoms with Crippen molar-refractivity contribution in [1.29, 1.82) is 0 Å². The molecule has 0 fully saturated rings. The molecular formula is C18H24N2O6. The number of urea groups is 1. The third-order valence-electron chi connectivity index (χ3n) is 3.25. The van der Waals surface area contributed by atoms with Crippen molar-refractivity contribution in [3.05, 3.63) is 29.8 Å². The molecule has 1 aromatic rings. The fraction of sp³-hybridized carbons (Fsp3) is 0.389. The van der Waals surface area contributed by atoms with E-state index < -0.39 is 24.0 Å². The molecule has 0 radical (unpaired) electrons. The summed E-state index contributed by atoms with van der Waals surface area (Å²) in [4.78, 5) is 34.6. The summed E-state index contributed by atoms with van der Waals surface area (Å²) in [7, 11) is 1.54. The first-order chi connectivity index (χ1) is 12.3. The lowest BCUT2D eigenvalue weighted by Crippen LogP contribution is -2.45. The number of ether oxygens (including phenoxy) is 3. The Morgan fingerprint density at radius 3 is 2.46 bits per heavy atom. The number of carbonyl (C=O) groups excluding carboxylic acids is 3. The van der Waals surface area contributed by atoms with Gasteiger partial charge < -0.3 is 19.9 Å². The van der Waals surface area contributed by atoms with Crippen LogP contribution in [0, 0.1) is 5.92 Å². The van der Waals surface area contributed by atoms with Gasteiger partial charge in [0.05, 0.1) is 13.7 Å². The van der Waals surface area contributed by atoms with Crippen LogP contribution in [0.1, 0.15) is 26.3 Å². The molecule has 0 aliphatic heterocycles. The largest absolute Gasteiger partial charge is 0.493 e. The Bertz CT molecular complexity index is 684. The summed E-state index contributed by atoms with van der Waals surface area (Å²) < 4.78 is 15.8. The van der Waals surface area contributed by atoms with E-state index in [1.165, 1.54) is 19.3 Å². The number of esters is 1. The van der Waals surface area contributed by atoms with Gasteiger partial charge in [-0.15, -0.1) is 0 Å². The monoisotopic (exact) mass is 364 g/mol. The van der Waals surface area contributed by atoms with Crippen LogP contribution in [0.5, 0.6) is 11.5 Å². The topological polar surface area (TPSA) is 117 Å². The molecule has 3 N–H and O–H groups in total. The summed E-state index contributed by atoms with van der Waals surface area (Å²) in [6.07, 6.45) is 1.58. The number of nitrogens with one attached hydrogen (secondary N) is 1. The highest BCUT2D eigenvalue weighted by Gasteiger charge is 2.26. The van der Waals surface area contributed by atoms with Crippen molar-refractivity contribution in [2.75, 3.05) is 13.7 Å². The van der Waals surface area contributed by atoms with Crippen LogP contribution < -0.4 is 20.5 Å². The van der Waals surface area contributed by atoms with E-state index in [0.717, 1.165) is 0 Å². The molecule has 1 aromatic carbocycles. The number of imide groups is 1. The Morgan fingerprint density at radius 2 is 1.92 bits per heavy atom. The summed E-state index contributed by atoms with van der Waals surface area (Å²) in [5, 5.41) is 1.91. The lowest BCUT2D eigenvalue weighted by atomic mass is 10.1. The van der Waals surface area contributed by atoms with E-state index in [1.807, 2.05) is 12.2 Å². The maximum absolute atomic E-state index is 12.0. The maximum atomic E-state index is 12.0. The Kier molecular flexibility index (Phi) is 8.14. The second-order valence-electron chi connectivity index (χ2n) is 5.63. The van der Waals surface area contributed by atoms with E-state index in [2.05, 4.69) is 0 Å². The van der Waals surface area contributed by atoms with Crippen LogP contribution in [-0.2, 0) is 14.3 Å². The quantitative estimate of drug-likeness (QED) is 0.537. The highest BCUT2D eigenvalue weighted by molar-refractivity contribution is 5.97. The fourth-order valence-corrected chi connectivity index (χ4v) is 2.08. The molecule has 8 nitrogen and oxygen atoms in total. The molecule has 0 aliphatic rings. The molecule has 0 unspecified atom stereocenters. The predicted molar refractivity (Wildman–Crippen MR) is 95.6 cm³/mol. The number of hydrogen-bond acceptors (Lipinski definition) is 6. The average Bonchev–Trinajstić information content (AvgIpc) is 2.57. The van der Waals surface area contributed by atoms with Gasteiger partial charge in [-0.1, -0.05) is 19.9 Å². The molecule has 26 heavy (non-hydrogen) atoms. The zero-order valence-electron chi connectivity index (χ0n) is 15.3. The van der Waals surface area contributed by atoms with Gasteiger partial charge in [0.15, 0.2) is 17.6 Å². The predicted octanol–water partition coefficient (Wildman–Crippen LogP) is 1.87. The average molecular weight is 364 g/mol.